The Bertz CT molecular complexity index is 739. The second kappa shape index (κ2) is 7.45. The summed E-state index contributed by atoms with van der Waals surface area (Å²) in [5.41, 5.74) is 1.19. The number of thioether (sulfide) groups is 1. The van der Waals surface area contributed by atoms with E-state index in [1.165, 1.54) is 22.3 Å². The van der Waals surface area contributed by atoms with E-state index in [9.17, 15) is 4.79 Å². The minimum Gasteiger partial charge on any atom is -0.316 e. The number of hydrogen-bond acceptors (Lipinski definition) is 5. The van der Waals surface area contributed by atoms with Crippen molar-refractivity contribution in [2.75, 3.05) is 12.3 Å². The normalized spacial score (nSPS) is 14.3. The number of carbonyl (C=O) groups is 1. The summed E-state index contributed by atoms with van der Waals surface area (Å²) in [7, 11) is 0. The van der Waals surface area contributed by atoms with Crippen LogP contribution in [0.25, 0.3) is 10.2 Å². The van der Waals surface area contributed by atoms with Gasteiger partial charge in [0.25, 0.3) is 0 Å². The van der Waals surface area contributed by atoms with Gasteiger partial charge in [0.15, 0.2) is 0 Å². The number of nitrogens with zero attached hydrogens (tertiary/aromatic N) is 3. The van der Waals surface area contributed by atoms with Crippen molar-refractivity contribution in [2.24, 2.45) is 0 Å². The molecule has 0 radical (unpaired) electrons. The molecular formula is C17H21N3OS2. The zero-order valence-corrected chi connectivity index (χ0v) is 15.2. The van der Waals surface area contributed by atoms with Crippen LogP contribution in [0, 0.1) is 0 Å². The van der Waals surface area contributed by atoms with Gasteiger partial charge < -0.3 is 4.90 Å². The number of aromatic nitrogens is 2. The number of allylic oxidation sites excluding steroid dienone is 2. The van der Waals surface area contributed by atoms with E-state index in [0.717, 1.165) is 47.5 Å². The maximum Gasteiger partial charge on any atom is 0.237 e. The Morgan fingerprint density at radius 2 is 2.26 bits per heavy atom. The zero-order chi connectivity index (χ0) is 16.2. The maximum atomic E-state index is 12.6. The van der Waals surface area contributed by atoms with E-state index in [0.29, 0.717) is 5.75 Å². The number of hydrogen-bond donors (Lipinski definition) is 0. The molecule has 0 unspecified atom stereocenters. The first-order chi connectivity index (χ1) is 11.2. The summed E-state index contributed by atoms with van der Waals surface area (Å²) >= 11 is 3.23. The van der Waals surface area contributed by atoms with Crippen molar-refractivity contribution in [1.82, 2.24) is 14.9 Å². The summed E-state index contributed by atoms with van der Waals surface area (Å²) in [4.78, 5) is 25.5. The Hall–Kier alpha value is -1.40. The predicted molar refractivity (Wildman–Crippen MR) is 96.8 cm³/mol. The minimum atomic E-state index is 0.170. The Morgan fingerprint density at radius 3 is 2.96 bits per heavy atom. The second-order valence-electron chi connectivity index (χ2n) is 5.48. The van der Waals surface area contributed by atoms with Crippen molar-refractivity contribution >= 4 is 39.2 Å². The molecule has 0 saturated carbocycles. The molecule has 0 atom stereocenters. The van der Waals surface area contributed by atoms with E-state index in [-0.39, 0.29) is 5.91 Å². The molecule has 0 aliphatic heterocycles. The summed E-state index contributed by atoms with van der Waals surface area (Å²) in [6, 6.07) is 2.16. The lowest BCUT2D eigenvalue weighted by Crippen LogP contribution is -2.31. The first kappa shape index (κ1) is 16.5. The van der Waals surface area contributed by atoms with Crippen LogP contribution in [0.2, 0.25) is 0 Å². The summed E-state index contributed by atoms with van der Waals surface area (Å²) < 4.78 is 0. The first-order valence-corrected chi connectivity index (χ1v) is 9.88. The van der Waals surface area contributed by atoms with Crippen LogP contribution in [0.5, 0.6) is 0 Å². The first-order valence-electron chi connectivity index (χ1n) is 8.08. The van der Waals surface area contributed by atoms with Gasteiger partial charge in [0.05, 0.1) is 5.75 Å². The summed E-state index contributed by atoms with van der Waals surface area (Å²) in [6.07, 6.45) is 8.07. The van der Waals surface area contributed by atoms with Crippen LogP contribution in [0.3, 0.4) is 0 Å². The largest absolute Gasteiger partial charge is 0.316 e. The number of fused-ring (bicyclic) bond motifs is 1. The standard InChI is InChI=1S/C17H21N3OS2/c1-3-13-9-14-16(18-11-19-17(14)23-13)22-10-15(21)20(4-2)12-7-5-6-8-12/h7,9,11H,3-6,8,10H2,1-2H3. The molecule has 3 rings (SSSR count). The van der Waals surface area contributed by atoms with E-state index in [4.69, 9.17) is 0 Å². The molecule has 122 valence electrons. The molecule has 2 aromatic rings. The van der Waals surface area contributed by atoms with Crippen LogP contribution in [-0.4, -0.2) is 33.1 Å². The molecule has 0 bridgehead atoms. The van der Waals surface area contributed by atoms with Gasteiger partial charge in [-0.3, -0.25) is 4.79 Å². The van der Waals surface area contributed by atoms with E-state index in [2.05, 4.69) is 29.0 Å². The van der Waals surface area contributed by atoms with Gasteiger partial charge in [0.1, 0.15) is 16.2 Å². The monoisotopic (exact) mass is 347 g/mol. The maximum absolute atomic E-state index is 12.6. The molecule has 0 spiro atoms. The molecule has 0 aromatic carbocycles. The Balaban J connectivity index is 1.72. The molecule has 4 nitrogen and oxygen atoms in total. The Morgan fingerprint density at radius 1 is 1.39 bits per heavy atom. The lowest BCUT2D eigenvalue weighted by atomic mass is 10.3. The van der Waals surface area contributed by atoms with E-state index in [1.807, 2.05) is 11.8 Å². The molecular weight excluding hydrogens is 326 g/mol. The average Bonchev–Trinajstić information content (AvgIpc) is 3.22. The van der Waals surface area contributed by atoms with Gasteiger partial charge in [0.2, 0.25) is 5.91 Å². The molecule has 1 aliphatic carbocycles. The third kappa shape index (κ3) is 3.58. The van der Waals surface area contributed by atoms with Crippen molar-refractivity contribution in [3.8, 4) is 0 Å². The van der Waals surface area contributed by atoms with Gasteiger partial charge >= 0.3 is 0 Å². The van der Waals surface area contributed by atoms with Crippen molar-refractivity contribution in [1.29, 1.82) is 0 Å². The number of aryl methyl sites for hydroxylation is 1. The minimum absolute atomic E-state index is 0.170. The van der Waals surface area contributed by atoms with Crippen LogP contribution in [-0.2, 0) is 11.2 Å². The van der Waals surface area contributed by atoms with Crippen molar-refractivity contribution in [2.45, 2.75) is 44.6 Å². The number of amides is 1. The van der Waals surface area contributed by atoms with Crippen LogP contribution in [0.1, 0.15) is 38.0 Å². The Kier molecular flexibility index (Phi) is 5.33. The van der Waals surface area contributed by atoms with Crippen molar-refractivity contribution in [3.05, 3.63) is 29.0 Å². The molecule has 0 saturated heterocycles. The number of rotatable bonds is 6. The van der Waals surface area contributed by atoms with Gasteiger partial charge in [-0.15, -0.1) is 11.3 Å². The highest BCUT2D eigenvalue weighted by molar-refractivity contribution is 8.00. The summed E-state index contributed by atoms with van der Waals surface area (Å²) in [5.74, 6) is 0.595. The highest BCUT2D eigenvalue weighted by Gasteiger charge is 2.19. The SMILES string of the molecule is CCc1cc2c(SCC(=O)N(CC)C3=CCCC3)ncnc2s1. The average molecular weight is 348 g/mol. The van der Waals surface area contributed by atoms with Crippen molar-refractivity contribution < 1.29 is 4.79 Å². The molecule has 2 aromatic heterocycles. The quantitative estimate of drug-likeness (QED) is 0.578. The third-order valence-corrected chi connectivity index (χ3v) is 6.18. The highest BCUT2D eigenvalue weighted by Crippen LogP contribution is 2.31. The van der Waals surface area contributed by atoms with Crippen LogP contribution < -0.4 is 0 Å². The highest BCUT2D eigenvalue weighted by atomic mass is 32.2. The molecule has 6 heteroatoms. The van der Waals surface area contributed by atoms with Gasteiger partial charge in [-0.1, -0.05) is 24.8 Å². The van der Waals surface area contributed by atoms with Crippen LogP contribution in [0.4, 0.5) is 0 Å². The predicted octanol–water partition coefficient (Wildman–Crippen LogP) is 4.26. The van der Waals surface area contributed by atoms with Gasteiger partial charge in [-0.2, -0.15) is 0 Å². The van der Waals surface area contributed by atoms with E-state index in [1.54, 1.807) is 17.7 Å². The molecule has 1 aliphatic rings. The molecule has 0 fully saturated rings. The number of carbonyl (C=O) groups excluding carboxylic acids is 1. The molecule has 0 N–H and O–H groups in total. The molecule has 2 heterocycles. The Labute approximate surface area is 145 Å². The smallest absolute Gasteiger partial charge is 0.237 e. The lowest BCUT2D eigenvalue weighted by Gasteiger charge is -2.22. The third-order valence-electron chi connectivity index (χ3n) is 4.01. The van der Waals surface area contributed by atoms with Crippen LogP contribution in [0.15, 0.2) is 29.2 Å². The fourth-order valence-electron chi connectivity index (χ4n) is 2.82. The van der Waals surface area contributed by atoms with Gasteiger partial charge in [0, 0.05) is 22.5 Å². The second-order valence-corrected chi connectivity index (χ2v) is 7.56. The van der Waals surface area contributed by atoms with Crippen LogP contribution >= 0.6 is 23.1 Å². The van der Waals surface area contributed by atoms with Crippen molar-refractivity contribution in [3.63, 3.8) is 0 Å². The fourth-order valence-corrected chi connectivity index (χ4v) is 4.67. The summed E-state index contributed by atoms with van der Waals surface area (Å²) in [6.45, 7) is 4.92. The fraction of sp³-hybridized carbons (Fsp3) is 0.471. The van der Waals surface area contributed by atoms with Gasteiger partial charge in [-0.25, -0.2) is 9.97 Å². The molecule has 1 amide bonds. The zero-order valence-electron chi connectivity index (χ0n) is 13.5. The topological polar surface area (TPSA) is 46.1 Å². The van der Waals surface area contributed by atoms with E-state index >= 15 is 0 Å². The van der Waals surface area contributed by atoms with Gasteiger partial charge in [-0.05, 0) is 38.7 Å². The lowest BCUT2D eigenvalue weighted by molar-refractivity contribution is -0.126. The molecule has 23 heavy (non-hydrogen) atoms. The summed E-state index contributed by atoms with van der Waals surface area (Å²) in [5, 5.41) is 1.99. The number of thiophene rings is 1. The van der Waals surface area contributed by atoms with E-state index < -0.39 is 0 Å².